The van der Waals surface area contributed by atoms with Gasteiger partial charge in [0, 0.05) is 17.3 Å². The first kappa shape index (κ1) is 16.3. The zero-order valence-corrected chi connectivity index (χ0v) is 12.3. The van der Waals surface area contributed by atoms with E-state index in [0.717, 1.165) is 17.8 Å². The Bertz CT molecular complexity index is 702. The molecule has 0 bridgehead atoms. The number of aromatic hydroxyl groups is 1. The van der Waals surface area contributed by atoms with Gasteiger partial charge in [0.2, 0.25) is 0 Å². The number of nitrogens with zero attached hydrogens (tertiary/aromatic N) is 1. The molecule has 6 heteroatoms. The van der Waals surface area contributed by atoms with Gasteiger partial charge in [-0.1, -0.05) is 26.8 Å². The predicted molar refractivity (Wildman–Crippen MR) is 75.0 cm³/mol. The molecule has 0 aliphatic heterocycles. The molecule has 2 nitrogen and oxygen atoms in total. The van der Waals surface area contributed by atoms with Crippen LogP contribution in [0.15, 0.2) is 30.5 Å². The molecule has 0 spiro atoms. The third-order valence-corrected chi connectivity index (χ3v) is 3.28. The third kappa shape index (κ3) is 3.21. The SMILES string of the molecule is CC(C)(C)c1ccc(O)c(-c2cnc(C(F)(F)F)c(F)c2)c1. The number of aromatic nitrogens is 1. The highest BCUT2D eigenvalue weighted by Gasteiger charge is 2.36. The summed E-state index contributed by atoms with van der Waals surface area (Å²) in [5, 5.41) is 9.90. The Hall–Kier alpha value is -2.11. The molecule has 0 amide bonds. The molecule has 22 heavy (non-hydrogen) atoms. The number of hydrogen-bond donors (Lipinski definition) is 1. The van der Waals surface area contributed by atoms with Crippen LogP contribution in [-0.4, -0.2) is 10.1 Å². The normalized spacial score (nSPS) is 12.5. The highest BCUT2D eigenvalue weighted by Crippen LogP contribution is 2.36. The van der Waals surface area contributed by atoms with Crippen molar-refractivity contribution in [3.8, 4) is 16.9 Å². The maximum Gasteiger partial charge on any atom is 0.436 e. The van der Waals surface area contributed by atoms with Gasteiger partial charge in [-0.05, 0) is 29.2 Å². The van der Waals surface area contributed by atoms with Crippen molar-refractivity contribution in [2.24, 2.45) is 0 Å². The number of hydrogen-bond acceptors (Lipinski definition) is 2. The molecular weight excluding hydrogens is 298 g/mol. The second kappa shape index (κ2) is 5.26. The molecular formula is C16H15F4NO. The lowest BCUT2D eigenvalue weighted by molar-refractivity contribution is -0.143. The van der Waals surface area contributed by atoms with Crippen LogP contribution in [0.4, 0.5) is 17.6 Å². The number of pyridine rings is 1. The summed E-state index contributed by atoms with van der Waals surface area (Å²) >= 11 is 0. The van der Waals surface area contributed by atoms with Crippen molar-refractivity contribution in [2.75, 3.05) is 0 Å². The summed E-state index contributed by atoms with van der Waals surface area (Å²) < 4.78 is 51.2. The van der Waals surface area contributed by atoms with E-state index in [4.69, 9.17) is 0 Å². The van der Waals surface area contributed by atoms with Gasteiger partial charge < -0.3 is 5.11 Å². The largest absolute Gasteiger partial charge is 0.507 e. The van der Waals surface area contributed by atoms with E-state index in [0.29, 0.717) is 0 Å². The highest BCUT2D eigenvalue weighted by molar-refractivity contribution is 5.70. The van der Waals surface area contributed by atoms with Gasteiger partial charge in [0.15, 0.2) is 11.5 Å². The van der Waals surface area contributed by atoms with Crippen LogP contribution in [-0.2, 0) is 11.6 Å². The van der Waals surface area contributed by atoms with Crippen LogP contribution >= 0.6 is 0 Å². The van der Waals surface area contributed by atoms with Crippen molar-refractivity contribution in [3.05, 3.63) is 47.5 Å². The molecule has 1 aromatic heterocycles. The van der Waals surface area contributed by atoms with Crippen molar-refractivity contribution >= 4 is 0 Å². The van der Waals surface area contributed by atoms with E-state index < -0.39 is 17.7 Å². The molecule has 1 N–H and O–H groups in total. The monoisotopic (exact) mass is 313 g/mol. The Labute approximate surface area is 125 Å². The lowest BCUT2D eigenvalue weighted by Gasteiger charge is -2.20. The fourth-order valence-corrected chi connectivity index (χ4v) is 2.03. The summed E-state index contributed by atoms with van der Waals surface area (Å²) in [5.41, 5.74) is -0.592. The summed E-state index contributed by atoms with van der Waals surface area (Å²) in [5.74, 6) is -1.61. The van der Waals surface area contributed by atoms with Crippen LogP contribution in [0.25, 0.3) is 11.1 Å². The minimum atomic E-state index is -4.85. The molecule has 2 aromatic rings. The lowest BCUT2D eigenvalue weighted by atomic mass is 9.85. The molecule has 1 aromatic carbocycles. The smallest absolute Gasteiger partial charge is 0.436 e. The number of alkyl halides is 3. The Kier molecular flexibility index (Phi) is 3.89. The fraction of sp³-hybridized carbons (Fsp3) is 0.312. The van der Waals surface area contributed by atoms with E-state index in [9.17, 15) is 22.7 Å². The molecule has 0 radical (unpaired) electrons. The van der Waals surface area contributed by atoms with Gasteiger partial charge >= 0.3 is 6.18 Å². The molecule has 0 unspecified atom stereocenters. The minimum absolute atomic E-state index is 0.0918. The van der Waals surface area contributed by atoms with Gasteiger partial charge in [0.05, 0.1) is 0 Å². The first-order valence-corrected chi connectivity index (χ1v) is 6.57. The zero-order chi connectivity index (χ0) is 16.7. The van der Waals surface area contributed by atoms with Crippen LogP contribution in [0.5, 0.6) is 5.75 Å². The van der Waals surface area contributed by atoms with Gasteiger partial charge in [-0.3, -0.25) is 0 Å². The number of benzene rings is 1. The van der Waals surface area contributed by atoms with E-state index in [2.05, 4.69) is 4.98 Å². The minimum Gasteiger partial charge on any atom is -0.507 e. The molecule has 0 saturated heterocycles. The van der Waals surface area contributed by atoms with Crippen LogP contribution in [0, 0.1) is 5.82 Å². The van der Waals surface area contributed by atoms with Gasteiger partial charge in [-0.15, -0.1) is 0 Å². The second-order valence-corrected chi connectivity index (χ2v) is 6.03. The number of phenolic OH excluding ortho intramolecular Hbond substituents is 1. The topological polar surface area (TPSA) is 33.1 Å². The quantitative estimate of drug-likeness (QED) is 0.759. The molecule has 0 atom stereocenters. The number of halogens is 4. The summed E-state index contributed by atoms with van der Waals surface area (Å²) in [6, 6.07) is 5.51. The maximum atomic E-state index is 13.6. The first-order valence-electron chi connectivity index (χ1n) is 6.57. The summed E-state index contributed by atoms with van der Waals surface area (Å²) in [6.45, 7) is 5.86. The first-order chi connectivity index (χ1) is 10.00. The van der Waals surface area contributed by atoms with E-state index in [1.54, 1.807) is 12.1 Å². The Morgan fingerprint density at radius 1 is 1.05 bits per heavy atom. The highest BCUT2D eigenvalue weighted by atomic mass is 19.4. The second-order valence-electron chi connectivity index (χ2n) is 6.03. The standard InChI is InChI=1S/C16H15F4NO/c1-15(2,3)10-4-5-13(22)11(7-10)9-6-12(17)14(21-8-9)16(18,19)20/h4-8,22H,1-3H3. The van der Waals surface area contributed by atoms with Crippen molar-refractivity contribution < 1.29 is 22.7 Å². The molecule has 1 heterocycles. The Morgan fingerprint density at radius 2 is 1.68 bits per heavy atom. The van der Waals surface area contributed by atoms with E-state index in [-0.39, 0.29) is 22.3 Å². The van der Waals surface area contributed by atoms with Crippen LogP contribution in [0.2, 0.25) is 0 Å². The van der Waals surface area contributed by atoms with Crippen LogP contribution < -0.4 is 0 Å². The van der Waals surface area contributed by atoms with Gasteiger partial charge in [-0.25, -0.2) is 9.37 Å². The van der Waals surface area contributed by atoms with Crippen molar-refractivity contribution in [3.63, 3.8) is 0 Å². The van der Waals surface area contributed by atoms with E-state index in [1.165, 1.54) is 6.07 Å². The van der Waals surface area contributed by atoms with Gasteiger partial charge in [0.25, 0.3) is 0 Å². The van der Waals surface area contributed by atoms with Gasteiger partial charge in [-0.2, -0.15) is 13.2 Å². The van der Waals surface area contributed by atoms with Crippen LogP contribution in [0.1, 0.15) is 32.0 Å². The summed E-state index contributed by atoms with van der Waals surface area (Å²) in [6.07, 6.45) is -3.94. The maximum absolute atomic E-state index is 13.6. The van der Waals surface area contributed by atoms with Crippen molar-refractivity contribution in [2.45, 2.75) is 32.4 Å². The van der Waals surface area contributed by atoms with Crippen molar-refractivity contribution in [1.82, 2.24) is 4.98 Å². The average molecular weight is 313 g/mol. The lowest BCUT2D eigenvalue weighted by Crippen LogP contribution is -2.12. The average Bonchev–Trinajstić information content (AvgIpc) is 2.36. The zero-order valence-electron chi connectivity index (χ0n) is 12.3. The van der Waals surface area contributed by atoms with Gasteiger partial charge in [0.1, 0.15) is 5.75 Å². The Morgan fingerprint density at radius 3 is 2.18 bits per heavy atom. The van der Waals surface area contributed by atoms with Crippen LogP contribution in [0.3, 0.4) is 0 Å². The van der Waals surface area contributed by atoms with Crippen molar-refractivity contribution in [1.29, 1.82) is 0 Å². The molecule has 0 fully saturated rings. The van der Waals surface area contributed by atoms with E-state index in [1.807, 2.05) is 20.8 Å². The fourth-order valence-electron chi connectivity index (χ4n) is 2.03. The molecule has 0 aliphatic carbocycles. The van der Waals surface area contributed by atoms with E-state index >= 15 is 0 Å². The number of rotatable bonds is 1. The molecule has 2 rings (SSSR count). The molecule has 0 saturated carbocycles. The summed E-state index contributed by atoms with van der Waals surface area (Å²) in [7, 11) is 0. The Balaban J connectivity index is 2.55. The third-order valence-electron chi connectivity index (χ3n) is 3.28. The predicted octanol–water partition coefficient (Wildman–Crippen LogP) is 4.91. The molecule has 118 valence electrons. The summed E-state index contributed by atoms with van der Waals surface area (Å²) in [4.78, 5) is 3.15. The number of phenols is 1. The molecule has 0 aliphatic rings.